The van der Waals surface area contributed by atoms with E-state index in [9.17, 15) is 19.8 Å². The molecule has 10 heteroatoms. The fourth-order valence-corrected chi connectivity index (χ4v) is 6.38. The molecule has 0 aliphatic carbocycles. The Kier molecular flexibility index (Phi) is 7.82. The third-order valence-electron chi connectivity index (χ3n) is 9.00. The zero-order valence-corrected chi connectivity index (χ0v) is 26.1. The number of aliphatic hydroxyl groups is 1. The van der Waals surface area contributed by atoms with Gasteiger partial charge in [0.25, 0.3) is 0 Å². The van der Waals surface area contributed by atoms with Gasteiger partial charge in [0.1, 0.15) is 11.2 Å². The van der Waals surface area contributed by atoms with Crippen molar-refractivity contribution in [2.45, 2.75) is 64.6 Å². The van der Waals surface area contributed by atoms with Gasteiger partial charge in [-0.05, 0) is 45.2 Å². The Morgan fingerprint density at radius 1 is 0.909 bits per heavy atom. The number of carboxylic acid groups (broad SMARTS) is 1. The summed E-state index contributed by atoms with van der Waals surface area (Å²) in [5, 5.41) is 27.8. The molecule has 44 heavy (non-hydrogen) atoms. The molecule has 2 N–H and O–H groups in total. The number of aliphatic carboxylic acids is 1. The minimum absolute atomic E-state index is 0. The van der Waals surface area contributed by atoms with Crippen LogP contribution in [0.15, 0.2) is 24.6 Å². The molecule has 8 bridgehead atoms. The van der Waals surface area contributed by atoms with Gasteiger partial charge in [0, 0.05) is 19.3 Å². The Hall–Kier alpha value is -4.24. The van der Waals surface area contributed by atoms with Crippen molar-refractivity contribution < 1.29 is 41.6 Å². The maximum absolute atomic E-state index is 12.5. The summed E-state index contributed by atoms with van der Waals surface area (Å²) in [7, 11) is 0. The number of ether oxygens (including phenoxy) is 1. The van der Waals surface area contributed by atoms with E-state index in [2.05, 4.69) is 13.2 Å². The number of esters is 1. The number of rotatable bonds is 5. The minimum atomic E-state index is -1.68. The topological polar surface area (TPSA) is 140 Å². The zero-order chi connectivity index (χ0) is 30.8. The molecule has 3 aromatic rings. The van der Waals surface area contributed by atoms with Gasteiger partial charge in [0.2, 0.25) is 0 Å². The summed E-state index contributed by atoms with van der Waals surface area (Å²) >= 11 is 0. The molecule has 226 valence electrons. The van der Waals surface area contributed by atoms with Gasteiger partial charge in [-0.3, -0.25) is 9.59 Å². The van der Waals surface area contributed by atoms with Crippen molar-refractivity contribution in [1.29, 1.82) is 0 Å². The predicted molar refractivity (Wildman–Crippen MR) is 164 cm³/mol. The van der Waals surface area contributed by atoms with Gasteiger partial charge in [0.05, 0.1) is 0 Å². The number of aromatic nitrogens is 3. The van der Waals surface area contributed by atoms with Crippen LogP contribution in [0.4, 0.5) is 0 Å². The molecule has 0 amide bonds. The monoisotopic (exact) mass is 632 g/mol. The van der Waals surface area contributed by atoms with Crippen LogP contribution in [-0.4, -0.2) is 33.4 Å². The van der Waals surface area contributed by atoms with Crippen LogP contribution >= 0.6 is 0 Å². The van der Waals surface area contributed by atoms with Crippen molar-refractivity contribution in [3.8, 4) is 0 Å². The van der Waals surface area contributed by atoms with E-state index < -0.39 is 23.1 Å². The van der Waals surface area contributed by atoms with Crippen LogP contribution < -0.4 is 25.7 Å². The molecule has 9 nitrogen and oxygen atoms in total. The summed E-state index contributed by atoms with van der Waals surface area (Å²) in [5.74, 6) is -1.36. The predicted octanol–water partition coefficient (Wildman–Crippen LogP) is 3.35. The molecule has 0 saturated carbocycles. The van der Waals surface area contributed by atoms with Crippen LogP contribution in [0.2, 0.25) is 0 Å². The second-order valence-electron chi connectivity index (χ2n) is 11.5. The second kappa shape index (κ2) is 11.0. The fourth-order valence-electron chi connectivity index (χ4n) is 6.38. The zero-order valence-electron chi connectivity index (χ0n) is 25.0. The molecule has 2 atom stereocenters. The smallest absolute Gasteiger partial charge is 0.659 e. The first-order valence-electron chi connectivity index (χ1n) is 14.2. The van der Waals surface area contributed by atoms with E-state index in [0.717, 1.165) is 33.4 Å². The first-order valence-corrected chi connectivity index (χ1v) is 14.2. The van der Waals surface area contributed by atoms with E-state index >= 15 is 0 Å². The van der Waals surface area contributed by atoms with E-state index in [1.807, 2.05) is 32.9 Å². The molecule has 0 radical (unpaired) electrons. The van der Waals surface area contributed by atoms with E-state index in [-0.39, 0.29) is 48.4 Å². The number of fused-ring (bicyclic) bond motifs is 9. The Bertz CT molecular complexity index is 1930. The number of hydrogen-bond donors (Lipinski definition) is 2. The van der Waals surface area contributed by atoms with Gasteiger partial charge in [-0.15, -0.1) is 44.9 Å². The number of hydrogen-bond acceptors (Lipinski definition) is 4. The van der Waals surface area contributed by atoms with Gasteiger partial charge in [-0.25, -0.2) is 0 Å². The van der Waals surface area contributed by atoms with Crippen molar-refractivity contribution in [1.82, 2.24) is 15.0 Å². The number of nitrogens with zero attached hydrogens (tertiary/aromatic N) is 4. The Morgan fingerprint density at radius 3 is 2.18 bits per heavy atom. The summed E-state index contributed by atoms with van der Waals surface area (Å²) in [6.07, 6.45) is 11.2. The largest absolute Gasteiger partial charge is 4.00 e. The van der Waals surface area contributed by atoms with Crippen molar-refractivity contribution in [2.75, 3.05) is 0 Å². The third kappa shape index (κ3) is 4.65. The first kappa shape index (κ1) is 31.2. The SMILES string of the molecule is C=Cc1c2[n-]c(c1C)/C=c1\[n-]/c(c(C)c1C=C)=C\c1[n-]c(c(CCC(=O)O)c1C)/C=C1/[N-]/C(=C\2)[C@](C)(O)[C@@]12CCC(=O)O2.[Fe+4]. The van der Waals surface area contributed by atoms with Crippen molar-refractivity contribution in [3.63, 3.8) is 0 Å². The summed E-state index contributed by atoms with van der Waals surface area (Å²) in [6.45, 7) is 15.4. The summed E-state index contributed by atoms with van der Waals surface area (Å²) in [6, 6.07) is 0. The number of carbonyl (C=O) groups excluding carboxylic acids is 1. The minimum Gasteiger partial charge on any atom is -0.659 e. The van der Waals surface area contributed by atoms with Crippen LogP contribution in [0, 0.1) is 20.8 Å². The maximum atomic E-state index is 12.5. The van der Waals surface area contributed by atoms with Crippen LogP contribution in [-0.2, 0) is 37.8 Å². The van der Waals surface area contributed by atoms with Crippen molar-refractivity contribution in [2.24, 2.45) is 0 Å². The van der Waals surface area contributed by atoms with Crippen LogP contribution in [0.5, 0.6) is 0 Å². The second-order valence-corrected chi connectivity index (χ2v) is 11.5. The molecule has 6 rings (SSSR count). The van der Waals surface area contributed by atoms with E-state index in [1.54, 1.807) is 31.2 Å². The molecule has 1 spiro atoms. The summed E-state index contributed by atoms with van der Waals surface area (Å²) in [4.78, 5) is 38.8. The van der Waals surface area contributed by atoms with Gasteiger partial charge in [-0.1, -0.05) is 71.9 Å². The Morgan fingerprint density at radius 2 is 1.55 bits per heavy atom. The van der Waals surface area contributed by atoms with Gasteiger partial charge >= 0.3 is 29.0 Å². The molecule has 0 unspecified atom stereocenters. The normalized spacial score (nSPS) is 25.7. The van der Waals surface area contributed by atoms with E-state index in [0.29, 0.717) is 39.2 Å². The molecular weight excluding hydrogens is 600 g/mol. The van der Waals surface area contributed by atoms with Crippen LogP contribution in [0.25, 0.3) is 41.8 Å². The third-order valence-corrected chi connectivity index (χ3v) is 9.00. The van der Waals surface area contributed by atoms with Crippen molar-refractivity contribution in [3.05, 3.63) is 96.7 Å². The summed E-state index contributed by atoms with van der Waals surface area (Å²) in [5.41, 5.74) is 4.94. The van der Waals surface area contributed by atoms with Gasteiger partial charge in [0.15, 0.2) is 0 Å². The molecule has 2 saturated heterocycles. The van der Waals surface area contributed by atoms with Crippen LogP contribution in [0.1, 0.15) is 82.3 Å². The molecule has 3 aliphatic rings. The first-order chi connectivity index (χ1) is 20.4. The van der Waals surface area contributed by atoms with Crippen LogP contribution in [0.3, 0.4) is 0 Å². The molecule has 6 heterocycles. The average molecular weight is 632 g/mol. The fraction of sp³-hybridized carbons (Fsp3) is 0.294. The Labute approximate surface area is 265 Å². The standard InChI is InChI=1S/C34H32N4O5.Fe/c1-7-20-17(3)23-13-24-19(5)22(9-10-31(39)40)28(37-24)16-30-34(12-11-32(41)43-34)33(6,42)29(38-30)15-27-21(8-2)18(4)25(36-27)14-26(20)35-23;/h7-8,13-16,42H,1-2,9-12H2,3-6H3,(H,39,40);/q-4;+4/b23-13-,26-14-,29-15-,30-16+;/t33-,34+;/m0./s1. The molecular formula is C34H32FeN4O5. The molecule has 3 aliphatic heterocycles. The molecule has 2 fully saturated rings. The molecule has 0 aromatic carbocycles. The number of carboxylic acids is 1. The molecule has 3 aromatic heterocycles. The summed E-state index contributed by atoms with van der Waals surface area (Å²) < 4.78 is 5.89. The van der Waals surface area contributed by atoms with E-state index in [1.165, 1.54) is 0 Å². The average Bonchev–Trinajstić information content (AvgIpc) is 3.69. The van der Waals surface area contributed by atoms with E-state index in [4.69, 9.17) is 25.0 Å². The Balaban J connectivity index is 0.00000384. The quantitative estimate of drug-likeness (QED) is 0.323. The number of carbonyl (C=O) groups is 2. The van der Waals surface area contributed by atoms with Gasteiger partial charge < -0.3 is 35.2 Å². The van der Waals surface area contributed by atoms with Gasteiger partial charge in [-0.2, -0.15) is 0 Å². The maximum Gasteiger partial charge on any atom is 4.00 e. The van der Waals surface area contributed by atoms with Crippen molar-refractivity contribution >= 4 is 48.4 Å².